The van der Waals surface area contributed by atoms with Crippen LogP contribution in [0, 0.1) is 0 Å². The molecule has 1 aromatic heterocycles. The minimum Gasteiger partial charge on any atom is -0.494 e. The molecule has 4 rings (SSSR count). The van der Waals surface area contributed by atoms with E-state index < -0.39 is 5.97 Å². The number of hydrogen-bond acceptors (Lipinski definition) is 5. The third-order valence-corrected chi connectivity index (χ3v) is 6.71. The lowest BCUT2D eigenvalue weighted by molar-refractivity contribution is -0.137. The Hall–Kier alpha value is -3.41. The van der Waals surface area contributed by atoms with E-state index in [0.29, 0.717) is 12.6 Å². The van der Waals surface area contributed by atoms with Crippen LogP contribution in [0.3, 0.4) is 0 Å². The third kappa shape index (κ3) is 6.18. The number of aryl methyl sites for hydroxylation is 1. The molecule has 184 valence electrons. The third-order valence-electron chi connectivity index (χ3n) is 6.71. The highest BCUT2D eigenvalue weighted by atomic mass is 16.5. The number of ether oxygens (including phenoxy) is 1. The molecule has 0 saturated carbocycles. The van der Waals surface area contributed by atoms with E-state index in [0.717, 1.165) is 48.2 Å². The number of hydrogen-bond donors (Lipinski definition) is 1. The number of anilines is 1. The lowest BCUT2D eigenvalue weighted by atomic mass is 9.86. The molecule has 0 amide bonds. The van der Waals surface area contributed by atoms with Crippen molar-refractivity contribution in [1.29, 1.82) is 0 Å². The number of nitrogens with zero attached hydrogens (tertiary/aromatic N) is 3. The molecule has 1 heterocycles. The molecule has 2 aromatic carbocycles. The van der Waals surface area contributed by atoms with E-state index in [4.69, 9.17) is 9.84 Å². The molecule has 1 aliphatic rings. The number of rotatable bonds is 9. The van der Waals surface area contributed by atoms with Crippen molar-refractivity contribution in [2.75, 3.05) is 25.1 Å². The van der Waals surface area contributed by atoms with Gasteiger partial charge in [-0.3, -0.25) is 4.79 Å². The Labute approximate surface area is 208 Å². The van der Waals surface area contributed by atoms with Gasteiger partial charge in [-0.15, -0.1) is 0 Å². The van der Waals surface area contributed by atoms with Crippen LogP contribution in [0.25, 0.3) is 11.1 Å². The molecule has 0 aliphatic heterocycles. The van der Waals surface area contributed by atoms with Gasteiger partial charge in [0, 0.05) is 31.5 Å². The topological polar surface area (TPSA) is 75.5 Å². The molecule has 0 unspecified atom stereocenters. The molecule has 0 radical (unpaired) electrons. The number of carboxylic acids is 1. The number of carboxylic acid groups (broad SMARTS) is 1. The molecule has 6 nitrogen and oxygen atoms in total. The van der Waals surface area contributed by atoms with E-state index in [2.05, 4.69) is 61.1 Å². The molecule has 1 N–H and O–H groups in total. The van der Waals surface area contributed by atoms with E-state index in [1.54, 1.807) is 0 Å². The van der Waals surface area contributed by atoms with Crippen LogP contribution in [0.4, 0.5) is 5.95 Å². The summed E-state index contributed by atoms with van der Waals surface area (Å²) < 4.78 is 5.96. The largest absolute Gasteiger partial charge is 0.494 e. The van der Waals surface area contributed by atoms with Crippen LogP contribution in [0.5, 0.6) is 5.75 Å². The smallest absolute Gasteiger partial charge is 0.303 e. The molecule has 0 bridgehead atoms. The van der Waals surface area contributed by atoms with Crippen molar-refractivity contribution in [3.05, 3.63) is 71.5 Å². The second kappa shape index (κ2) is 10.5. The minimum absolute atomic E-state index is 0.124. The zero-order chi connectivity index (χ0) is 25.0. The van der Waals surface area contributed by atoms with Crippen molar-refractivity contribution in [3.63, 3.8) is 0 Å². The second-order valence-electron chi connectivity index (χ2n) is 10.4. The summed E-state index contributed by atoms with van der Waals surface area (Å²) in [5.41, 5.74) is 5.94. The first-order valence-corrected chi connectivity index (χ1v) is 12.3. The average Bonchev–Trinajstić information content (AvgIpc) is 3.22. The van der Waals surface area contributed by atoms with Gasteiger partial charge in [0.1, 0.15) is 5.75 Å². The molecular formula is C29H35N3O3. The molecule has 3 aromatic rings. The van der Waals surface area contributed by atoms with Crippen LogP contribution in [0.15, 0.2) is 54.9 Å². The highest BCUT2D eigenvalue weighted by Gasteiger charge is 2.24. The van der Waals surface area contributed by atoms with Crippen molar-refractivity contribution in [3.8, 4) is 16.9 Å². The van der Waals surface area contributed by atoms with Crippen LogP contribution in [-0.2, 0) is 16.6 Å². The summed E-state index contributed by atoms with van der Waals surface area (Å²) in [6.45, 7) is 8.02. The summed E-state index contributed by atoms with van der Waals surface area (Å²) in [6, 6.07) is 14.7. The van der Waals surface area contributed by atoms with Crippen LogP contribution < -0.4 is 9.64 Å². The molecule has 0 spiro atoms. The fourth-order valence-electron chi connectivity index (χ4n) is 4.62. The molecule has 1 aliphatic carbocycles. The van der Waals surface area contributed by atoms with E-state index in [-0.39, 0.29) is 17.8 Å². The van der Waals surface area contributed by atoms with Crippen LogP contribution in [-0.4, -0.2) is 41.2 Å². The van der Waals surface area contributed by atoms with Crippen LogP contribution >= 0.6 is 0 Å². The predicted molar refractivity (Wildman–Crippen MR) is 139 cm³/mol. The van der Waals surface area contributed by atoms with Gasteiger partial charge in [-0.1, -0.05) is 51.1 Å². The summed E-state index contributed by atoms with van der Waals surface area (Å²) in [5.74, 6) is 0.933. The van der Waals surface area contributed by atoms with Gasteiger partial charge >= 0.3 is 5.97 Å². The summed E-state index contributed by atoms with van der Waals surface area (Å²) in [7, 11) is 1.99. The van der Waals surface area contributed by atoms with E-state index >= 15 is 0 Å². The summed E-state index contributed by atoms with van der Waals surface area (Å²) >= 11 is 0. The predicted octanol–water partition coefficient (Wildman–Crippen LogP) is 5.85. The summed E-state index contributed by atoms with van der Waals surface area (Å²) in [4.78, 5) is 22.2. The van der Waals surface area contributed by atoms with Crippen LogP contribution in [0.2, 0.25) is 0 Å². The number of benzene rings is 2. The maximum atomic E-state index is 11.0. The average molecular weight is 474 g/mol. The Morgan fingerprint density at radius 1 is 1.09 bits per heavy atom. The van der Waals surface area contributed by atoms with Crippen molar-refractivity contribution in [1.82, 2.24) is 9.97 Å². The monoisotopic (exact) mass is 473 g/mol. The Balaban J connectivity index is 1.26. The highest BCUT2D eigenvalue weighted by Crippen LogP contribution is 2.37. The van der Waals surface area contributed by atoms with Gasteiger partial charge in [-0.05, 0) is 65.0 Å². The van der Waals surface area contributed by atoms with Gasteiger partial charge in [0.15, 0.2) is 0 Å². The normalized spacial score (nSPS) is 15.0. The SMILES string of the molecule is CN(CCCOc1ccc2c(c1)CC[C@H]2CC(=O)O)c1ncc(-c2ccc(C(C)(C)C)cc2)cn1. The quantitative estimate of drug-likeness (QED) is 0.393. The minimum atomic E-state index is -0.735. The fourth-order valence-corrected chi connectivity index (χ4v) is 4.62. The zero-order valence-electron chi connectivity index (χ0n) is 21.1. The number of aliphatic carboxylic acids is 1. The molecule has 1 atom stereocenters. The molecule has 6 heteroatoms. The first-order valence-electron chi connectivity index (χ1n) is 12.3. The maximum Gasteiger partial charge on any atom is 0.303 e. The van der Waals surface area contributed by atoms with Gasteiger partial charge in [0.05, 0.1) is 13.0 Å². The zero-order valence-corrected chi connectivity index (χ0v) is 21.1. The molecular weight excluding hydrogens is 438 g/mol. The number of fused-ring (bicyclic) bond motifs is 1. The van der Waals surface area contributed by atoms with Gasteiger partial charge in [0.25, 0.3) is 0 Å². The number of aromatic nitrogens is 2. The molecule has 0 fully saturated rings. The second-order valence-corrected chi connectivity index (χ2v) is 10.4. The first-order chi connectivity index (χ1) is 16.7. The lowest BCUT2D eigenvalue weighted by Crippen LogP contribution is -2.22. The summed E-state index contributed by atoms with van der Waals surface area (Å²) in [6.07, 6.45) is 6.62. The van der Waals surface area contributed by atoms with Gasteiger partial charge in [0.2, 0.25) is 5.95 Å². The van der Waals surface area contributed by atoms with Gasteiger partial charge in [-0.2, -0.15) is 0 Å². The summed E-state index contributed by atoms with van der Waals surface area (Å²) in [5, 5.41) is 9.09. The first kappa shape index (κ1) is 24.7. The lowest BCUT2D eigenvalue weighted by Gasteiger charge is -2.19. The Morgan fingerprint density at radius 3 is 2.46 bits per heavy atom. The fraction of sp³-hybridized carbons (Fsp3) is 0.414. The van der Waals surface area contributed by atoms with Gasteiger partial charge < -0.3 is 14.7 Å². The standard InChI is InChI=1S/C29H35N3O3/c1-29(2,3)24-10-8-20(9-11-24)23-18-30-28(31-19-23)32(4)14-5-15-35-25-12-13-26-21(16-25)6-7-22(26)17-27(33)34/h8-13,16,18-19,22H,5-7,14-15,17H2,1-4H3,(H,33,34)/t22-/m0/s1. The highest BCUT2D eigenvalue weighted by molar-refractivity contribution is 5.68. The maximum absolute atomic E-state index is 11.0. The van der Waals surface area contributed by atoms with E-state index in [1.165, 1.54) is 11.1 Å². The van der Waals surface area contributed by atoms with Crippen molar-refractivity contribution >= 4 is 11.9 Å². The van der Waals surface area contributed by atoms with E-state index in [1.807, 2.05) is 36.5 Å². The van der Waals surface area contributed by atoms with E-state index in [9.17, 15) is 4.79 Å². The number of carbonyl (C=O) groups is 1. The van der Waals surface area contributed by atoms with Crippen molar-refractivity contribution < 1.29 is 14.6 Å². The van der Waals surface area contributed by atoms with Gasteiger partial charge in [-0.25, -0.2) is 9.97 Å². The Bertz CT molecular complexity index is 1150. The molecule has 35 heavy (non-hydrogen) atoms. The van der Waals surface area contributed by atoms with Crippen molar-refractivity contribution in [2.24, 2.45) is 0 Å². The Morgan fingerprint density at radius 2 is 1.80 bits per heavy atom. The van der Waals surface area contributed by atoms with Crippen LogP contribution in [0.1, 0.15) is 62.6 Å². The Kier molecular flexibility index (Phi) is 7.39. The van der Waals surface area contributed by atoms with Crippen molar-refractivity contribution in [2.45, 2.75) is 57.8 Å². The molecule has 0 saturated heterocycles.